The minimum Gasteiger partial charge on any atom is -0.323 e. The number of aryl methyl sites for hydroxylation is 1. The molecule has 1 aromatic heterocycles. The summed E-state index contributed by atoms with van der Waals surface area (Å²) in [6.07, 6.45) is 1.51. The largest absolute Gasteiger partial charge is 0.323 e. The van der Waals surface area contributed by atoms with Crippen LogP contribution < -0.4 is 10.9 Å². The normalized spacial score (nSPS) is 16.7. The number of hydrogen-bond acceptors (Lipinski definition) is 4. The number of carbonyl (C=O) groups excluding carboxylic acids is 1. The van der Waals surface area contributed by atoms with Crippen LogP contribution in [0.3, 0.4) is 0 Å². The number of aromatic nitrogens is 2. The van der Waals surface area contributed by atoms with Gasteiger partial charge in [0.15, 0.2) is 5.16 Å². The van der Waals surface area contributed by atoms with Crippen molar-refractivity contribution >= 4 is 23.4 Å². The highest BCUT2D eigenvalue weighted by molar-refractivity contribution is 7.99. The van der Waals surface area contributed by atoms with Gasteiger partial charge < -0.3 is 5.32 Å². The molecule has 0 radical (unpaired) electrons. The first kappa shape index (κ1) is 15.7. The highest BCUT2D eigenvalue weighted by Gasteiger charge is 2.27. The lowest BCUT2D eigenvalue weighted by Gasteiger charge is -2.24. The Balaban J connectivity index is 1.79. The van der Waals surface area contributed by atoms with Crippen LogP contribution in [0, 0.1) is 24.5 Å². The van der Waals surface area contributed by atoms with Gasteiger partial charge in [0.25, 0.3) is 5.56 Å². The number of benzene rings is 1. The van der Waals surface area contributed by atoms with Crippen LogP contribution >= 0.6 is 11.8 Å². The van der Waals surface area contributed by atoms with Gasteiger partial charge >= 0.3 is 0 Å². The molecule has 3 rings (SSSR count). The fourth-order valence-electron chi connectivity index (χ4n) is 2.29. The van der Waals surface area contributed by atoms with Gasteiger partial charge in [-0.15, -0.1) is 0 Å². The van der Waals surface area contributed by atoms with E-state index in [1.165, 1.54) is 28.6 Å². The van der Waals surface area contributed by atoms with Gasteiger partial charge in [0.1, 0.15) is 11.6 Å². The molecule has 0 fully saturated rings. The summed E-state index contributed by atoms with van der Waals surface area (Å²) in [6.45, 7) is 1.84. The van der Waals surface area contributed by atoms with Gasteiger partial charge in [-0.1, -0.05) is 11.8 Å². The summed E-state index contributed by atoms with van der Waals surface area (Å²) >= 11 is 1.30. The summed E-state index contributed by atoms with van der Waals surface area (Å²) in [6, 6.07) is 2.95. The van der Waals surface area contributed by atoms with Crippen LogP contribution in [0.1, 0.15) is 5.56 Å². The van der Waals surface area contributed by atoms with E-state index in [1.807, 2.05) is 0 Å². The Hall–Kier alpha value is -2.22. The molecule has 0 bridgehead atoms. The zero-order valence-corrected chi connectivity index (χ0v) is 13.0. The SMILES string of the molecule is Cc1cnc2n(c1=O)CC(C(=O)Nc1ccc(F)cc1F)CS2. The number of hydrogen-bond donors (Lipinski definition) is 1. The van der Waals surface area contributed by atoms with Gasteiger partial charge in [0, 0.05) is 30.1 Å². The molecular weight excluding hydrogens is 324 g/mol. The lowest BCUT2D eigenvalue weighted by atomic mass is 10.1. The lowest BCUT2D eigenvalue weighted by molar-refractivity contribution is -0.119. The number of anilines is 1. The first-order chi connectivity index (χ1) is 11.0. The van der Waals surface area contributed by atoms with E-state index in [0.29, 0.717) is 22.5 Å². The highest BCUT2D eigenvalue weighted by Crippen LogP contribution is 2.26. The smallest absolute Gasteiger partial charge is 0.257 e. The van der Waals surface area contributed by atoms with E-state index in [9.17, 15) is 18.4 Å². The summed E-state index contributed by atoms with van der Waals surface area (Å²) in [5, 5.41) is 3.01. The van der Waals surface area contributed by atoms with Crippen molar-refractivity contribution in [3.05, 3.63) is 51.9 Å². The topological polar surface area (TPSA) is 64.0 Å². The van der Waals surface area contributed by atoms with Gasteiger partial charge in [-0.05, 0) is 19.1 Å². The van der Waals surface area contributed by atoms with Crippen LogP contribution in [-0.4, -0.2) is 21.2 Å². The molecule has 0 aliphatic carbocycles. The van der Waals surface area contributed by atoms with Crippen LogP contribution in [0.25, 0.3) is 0 Å². The lowest BCUT2D eigenvalue weighted by Crippen LogP contribution is -2.37. The summed E-state index contributed by atoms with van der Waals surface area (Å²) in [4.78, 5) is 28.6. The predicted octanol–water partition coefficient (Wildman–Crippen LogP) is 2.19. The van der Waals surface area contributed by atoms with Gasteiger partial charge in [-0.2, -0.15) is 0 Å². The van der Waals surface area contributed by atoms with Crippen molar-refractivity contribution in [3.63, 3.8) is 0 Å². The fraction of sp³-hybridized carbons (Fsp3) is 0.267. The second-order valence-electron chi connectivity index (χ2n) is 5.26. The van der Waals surface area contributed by atoms with Crippen molar-refractivity contribution < 1.29 is 13.6 Å². The van der Waals surface area contributed by atoms with E-state index in [1.54, 1.807) is 6.92 Å². The zero-order valence-electron chi connectivity index (χ0n) is 12.2. The Morgan fingerprint density at radius 3 is 2.96 bits per heavy atom. The second kappa shape index (κ2) is 6.11. The van der Waals surface area contributed by atoms with Crippen LogP contribution in [-0.2, 0) is 11.3 Å². The van der Waals surface area contributed by atoms with Gasteiger partial charge in [-0.3, -0.25) is 14.2 Å². The van der Waals surface area contributed by atoms with Crippen LogP contribution in [0.4, 0.5) is 14.5 Å². The first-order valence-corrected chi connectivity index (χ1v) is 7.89. The van der Waals surface area contributed by atoms with Crippen LogP contribution in [0.15, 0.2) is 34.3 Å². The van der Waals surface area contributed by atoms with Crippen LogP contribution in [0.5, 0.6) is 0 Å². The van der Waals surface area contributed by atoms with Crippen molar-refractivity contribution in [2.45, 2.75) is 18.6 Å². The van der Waals surface area contributed by atoms with Gasteiger partial charge in [-0.25, -0.2) is 13.8 Å². The van der Waals surface area contributed by atoms with E-state index in [-0.39, 0.29) is 17.8 Å². The van der Waals surface area contributed by atoms with Crippen molar-refractivity contribution in [1.82, 2.24) is 9.55 Å². The van der Waals surface area contributed by atoms with Crippen molar-refractivity contribution in [1.29, 1.82) is 0 Å². The molecule has 23 heavy (non-hydrogen) atoms. The average molecular weight is 337 g/mol. The maximum absolute atomic E-state index is 13.6. The van der Waals surface area contributed by atoms with E-state index in [4.69, 9.17) is 0 Å². The molecule has 1 aliphatic heterocycles. The molecule has 2 aromatic rings. The number of halogens is 2. The molecule has 5 nitrogen and oxygen atoms in total. The Labute approximate surface area is 134 Å². The van der Waals surface area contributed by atoms with E-state index in [2.05, 4.69) is 10.3 Å². The molecule has 2 heterocycles. The number of fused-ring (bicyclic) bond motifs is 1. The summed E-state index contributed by atoms with van der Waals surface area (Å²) in [5.41, 5.74) is 0.231. The maximum atomic E-state index is 13.6. The fourth-order valence-corrected chi connectivity index (χ4v) is 3.33. The molecule has 1 N–H and O–H groups in total. The third-order valence-corrected chi connectivity index (χ3v) is 4.71. The van der Waals surface area contributed by atoms with Crippen molar-refractivity contribution in [2.75, 3.05) is 11.1 Å². The molecule has 1 aromatic carbocycles. The second-order valence-corrected chi connectivity index (χ2v) is 6.25. The zero-order chi connectivity index (χ0) is 16.6. The average Bonchev–Trinajstić information content (AvgIpc) is 2.53. The number of nitrogens with one attached hydrogen (secondary N) is 1. The number of thioether (sulfide) groups is 1. The molecule has 1 amide bonds. The Morgan fingerprint density at radius 2 is 2.22 bits per heavy atom. The summed E-state index contributed by atoms with van der Waals surface area (Å²) in [5.74, 6) is -2.03. The molecule has 0 spiro atoms. The summed E-state index contributed by atoms with van der Waals surface area (Å²) < 4.78 is 27.9. The van der Waals surface area contributed by atoms with Crippen molar-refractivity contribution in [3.8, 4) is 0 Å². The minimum atomic E-state index is -0.836. The molecule has 1 atom stereocenters. The van der Waals surface area contributed by atoms with Gasteiger partial charge in [0.2, 0.25) is 5.91 Å². The molecule has 120 valence electrons. The molecule has 0 saturated carbocycles. The first-order valence-electron chi connectivity index (χ1n) is 6.91. The minimum absolute atomic E-state index is 0.0816. The van der Waals surface area contributed by atoms with E-state index < -0.39 is 23.5 Å². The Morgan fingerprint density at radius 1 is 1.43 bits per heavy atom. The molecule has 1 aliphatic rings. The Kier molecular flexibility index (Phi) is 4.16. The van der Waals surface area contributed by atoms with Crippen LogP contribution in [0.2, 0.25) is 0 Å². The number of amides is 1. The maximum Gasteiger partial charge on any atom is 0.257 e. The molecule has 1 unspecified atom stereocenters. The third kappa shape index (κ3) is 3.12. The highest BCUT2D eigenvalue weighted by atomic mass is 32.2. The number of rotatable bonds is 2. The molecule has 8 heteroatoms. The third-order valence-electron chi connectivity index (χ3n) is 3.56. The number of carbonyl (C=O) groups is 1. The summed E-state index contributed by atoms with van der Waals surface area (Å²) in [7, 11) is 0. The number of nitrogens with zero attached hydrogens (tertiary/aromatic N) is 2. The van der Waals surface area contributed by atoms with Crippen molar-refractivity contribution in [2.24, 2.45) is 5.92 Å². The Bertz CT molecular complexity index is 838. The molecular formula is C15H13F2N3O2S. The van der Waals surface area contributed by atoms with E-state index >= 15 is 0 Å². The quantitative estimate of drug-likeness (QED) is 0.853. The monoisotopic (exact) mass is 337 g/mol. The molecule has 0 saturated heterocycles. The standard InChI is InChI=1S/C15H13F2N3O2S/c1-8-5-18-15-20(14(8)22)6-9(7-23-15)13(21)19-12-3-2-10(16)4-11(12)17/h2-5,9H,6-7H2,1H3,(H,19,21). The van der Waals surface area contributed by atoms with E-state index in [0.717, 1.165) is 6.07 Å². The van der Waals surface area contributed by atoms with Gasteiger partial charge in [0.05, 0.1) is 11.6 Å². The predicted molar refractivity (Wildman–Crippen MR) is 82.4 cm³/mol.